The Labute approximate surface area is 147 Å². The van der Waals surface area contributed by atoms with Crippen LogP contribution in [0.4, 0.5) is 4.79 Å². The van der Waals surface area contributed by atoms with E-state index in [0.717, 1.165) is 23.5 Å². The minimum absolute atomic E-state index is 0.00963. The molecule has 136 valence electrons. The predicted molar refractivity (Wildman–Crippen MR) is 90.6 cm³/mol. The van der Waals surface area contributed by atoms with Gasteiger partial charge in [-0.15, -0.1) is 0 Å². The summed E-state index contributed by atoms with van der Waals surface area (Å²) in [6, 6.07) is 6.44. The van der Waals surface area contributed by atoms with Crippen LogP contribution in [0.2, 0.25) is 0 Å². The van der Waals surface area contributed by atoms with Crippen molar-refractivity contribution in [2.75, 3.05) is 26.3 Å². The third kappa shape index (κ3) is 3.87. The normalized spacial score (nSPS) is 21.3. The first-order chi connectivity index (χ1) is 12.1. The zero-order valence-electron chi connectivity index (χ0n) is 14.4. The van der Waals surface area contributed by atoms with Crippen molar-refractivity contribution in [2.45, 2.75) is 38.3 Å². The van der Waals surface area contributed by atoms with E-state index in [4.69, 9.17) is 9.47 Å². The highest BCUT2D eigenvalue weighted by atomic mass is 16.5. The number of β-amino-alcohol motifs (C(OH)–C–C–N with tert-alkyl or cyclic N) is 1. The van der Waals surface area contributed by atoms with Crippen molar-refractivity contribution >= 4 is 11.9 Å². The molecule has 1 aromatic rings. The summed E-state index contributed by atoms with van der Waals surface area (Å²) in [6.07, 6.45) is 1.66. The molecule has 2 aliphatic heterocycles. The van der Waals surface area contributed by atoms with Gasteiger partial charge >= 0.3 is 6.03 Å². The van der Waals surface area contributed by atoms with Crippen LogP contribution in [0.3, 0.4) is 0 Å². The number of imide groups is 1. The van der Waals surface area contributed by atoms with Gasteiger partial charge in [-0.25, -0.2) is 4.79 Å². The van der Waals surface area contributed by atoms with Crippen LogP contribution in [0.25, 0.3) is 0 Å². The van der Waals surface area contributed by atoms with E-state index in [1.54, 1.807) is 29.2 Å². The van der Waals surface area contributed by atoms with E-state index in [0.29, 0.717) is 25.3 Å². The lowest BCUT2D eigenvalue weighted by Gasteiger charge is -2.26. The quantitative estimate of drug-likeness (QED) is 0.758. The summed E-state index contributed by atoms with van der Waals surface area (Å²) in [5.41, 5.74) is 0. The number of rotatable bonds is 7. The number of ether oxygens (including phenoxy) is 2. The number of carbonyl (C=O) groups is 2. The van der Waals surface area contributed by atoms with E-state index in [1.807, 2.05) is 6.92 Å². The van der Waals surface area contributed by atoms with E-state index in [-0.39, 0.29) is 31.1 Å². The molecule has 2 atom stereocenters. The molecule has 7 nitrogen and oxygen atoms in total. The average molecular weight is 348 g/mol. The van der Waals surface area contributed by atoms with Gasteiger partial charge in [0.25, 0.3) is 5.91 Å². The topological polar surface area (TPSA) is 79.3 Å². The Morgan fingerprint density at radius 2 is 1.84 bits per heavy atom. The van der Waals surface area contributed by atoms with Gasteiger partial charge in [0.2, 0.25) is 0 Å². The molecule has 0 bridgehead atoms. The fourth-order valence-corrected chi connectivity index (χ4v) is 3.27. The molecule has 2 saturated heterocycles. The van der Waals surface area contributed by atoms with Crippen LogP contribution in [0.15, 0.2) is 24.3 Å². The zero-order valence-corrected chi connectivity index (χ0v) is 14.4. The Bertz CT molecular complexity index is 594. The molecule has 7 heteroatoms. The van der Waals surface area contributed by atoms with Crippen molar-refractivity contribution < 1.29 is 24.2 Å². The SMILES string of the molecule is CCOc1ccc(OC[C@H](O)CN2C(=O)[C@H]3CCCCN3C2=O)cc1. The van der Waals surface area contributed by atoms with E-state index in [9.17, 15) is 14.7 Å². The smallest absolute Gasteiger partial charge is 0.327 e. The molecule has 0 spiro atoms. The van der Waals surface area contributed by atoms with Gasteiger partial charge in [0.05, 0.1) is 13.2 Å². The monoisotopic (exact) mass is 348 g/mol. The second-order valence-corrected chi connectivity index (χ2v) is 6.31. The van der Waals surface area contributed by atoms with Gasteiger partial charge in [-0.05, 0) is 50.5 Å². The lowest BCUT2D eigenvalue weighted by molar-refractivity contribution is -0.129. The molecule has 0 saturated carbocycles. The molecule has 0 radical (unpaired) electrons. The Morgan fingerprint density at radius 3 is 2.48 bits per heavy atom. The third-order valence-electron chi connectivity index (χ3n) is 4.50. The Hall–Kier alpha value is -2.28. The molecule has 2 aliphatic rings. The van der Waals surface area contributed by atoms with E-state index in [1.165, 1.54) is 0 Å². The van der Waals surface area contributed by atoms with Gasteiger partial charge in [-0.2, -0.15) is 0 Å². The van der Waals surface area contributed by atoms with Crippen LogP contribution in [-0.4, -0.2) is 65.3 Å². The van der Waals surface area contributed by atoms with Gasteiger partial charge in [0.15, 0.2) is 0 Å². The Balaban J connectivity index is 1.51. The Morgan fingerprint density at radius 1 is 1.16 bits per heavy atom. The standard InChI is InChI=1S/C18H24N2O5/c1-2-24-14-6-8-15(9-7-14)25-12-13(21)11-20-17(22)16-5-3-4-10-19(16)18(20)23/h6-9,13,16,21H,2-5,10-12H2,1H3/t13-,16-/m1/s1. The largest absolute Gasteiger partial charge is 0.494 e. The molecular weight excluding hydrogens is 324 g/mol. The first-order valence-corrected chi connectivity index (χ1v) is 8.76. The third-order valence-corrected chi connectivity index (χ3v) is 4.50. The minimum Gasteiger partial charge on any atom is -0.494 e. The number of benzene rings is 1. The van der Waals surface area contributed by atoms with Crippen molar-refractivity contribution in [3.63, 3.8) is 0 Å². The molecule has 0 aliphatic carbocycles. The number of aliphatic hydroxyl groups excluding tert-OH is 1. The van der Waals surface area contributed by atoms with Gasteiger partial charge in [0, 0.05) is 6.54 Å². The fourth-order valence-electron chi connectivity index (χ4n) is 3.27. The molecule has 3 rings (SSSR count). The van der Waals surface area contributed by atoms with Gasteiger partial charge in [-0.1, -0.05) is 0 Å². The second-order valence-electron chi connectivity index (χ2n) is 6.31. The molecule has 0 unspecified atom stereocenters. The predicted octanol–water partition coefficient (Wildman–Crippen LogP) is 1.64. The van der Waals surface area contributed by atoms with E-state index >= 15 is 0 Å². The van der Waals surface area contributed by atoms with Gasteiger partial charge < -0.3 is 19.5 Å². The summed E-state index contributed by atoms with van der Waals surface area (Å²) >= 11 is 0. The lowest BCUT2D eigenvalue weighted by atomic mass is 10.0. The highest BCUT2D eigenvalue weighted by Crippen LogP contribution is 2.26. The molecule has 3 amide bonds. The van der Waals surface area contributed by atoms with Crippen LogP contribution in [0.5, 0.6) is 11.5 Å². The lowest BCUT2D eigenvalue weighted by Crippen LogP contribution is -2.40. The summed E-state index contributed by atoms with van der Waals surface area (Å²) < 4.78 is 10.9. The summed E-state index contributed by atoms with van der Waals surface area (Å²) in [7, 11) is 0. The van der Waals surface area contributed by atoms with Crippen LogP contribution in [0.1, 0.15) is 26.2 Å². The van der Waals surface area contributed by atoms with Crippen LogP contribution in [-0.2, 0) is 4.79 Å². The van der Waals surface area contributed by atoms with Crippen molar-refractivity contribution in [2.24, 2.45) is 0 Å². The van der Waals surface area contributed by atoms with Crippen molar-refractivity contribution in [3.8, 4) is 11.5 Å². The molecule has 25 heavy (non-hydrogen) atoms. The van der Waals surface area contributed by atoms with E-state index in [2.05, 4.69) is 0 Å². The number of hydrogen-bond acceptors (Lipinski definition) is 5. The van der Waals surface area contributed by atoms with Gasteiger partial charge in [-0.3, -0.25) is 9.69 Å². The van der Waals surface area contributed by atoms with Crippen molar-refractivity contribution in [1.29, 1.82) is 0 Å². The maximum atomic E-state index is 12.4. The van der Waals surface area contributed by atoms with Crippen LogP contribution >= 0.6 is 0 Å². The first kappa shape index (κ1) is 17.5. The van der Waals surface area contributed by atoms with Gasteiger partial charge in [0.1, 0.15) is 30.3 Å². The zero-order chi connectivity index (χ0) is 17.8. The number of carbonyl (C=O) groups excluding carboxylic acids is 2. The first-order valence-electron chi connectivity index (χ1n) is 8.76. The number of fused-ring (bicyclic) bond motifs is 1. The number of piperidine rings is 1. The number of urea groups is 1. The summed E-state index contributed by atoms with van der Waals surface area (Å²) in [5, 5.41) is 10.2. The molecule has 2 heterocycles. The maximum Gasteiger partial charge on any atom is 0.327 e. The second kappa shape index (κ2) is 7.74. The number of aliphatic hydroxyl groups is 1. The summed E-state index contributed by atoms with van der Waals surface area (Å²) in [6.45, 7) is 3.09. The molecule has 1 aromatic carbocycles. The van der Waals surface area contributed by atoms with Crippen LogP contribution in [0, 0.1) is 0 Å². The average Bonchev–Trinajstić information content (AvgIpc) is 2.87. The number of amides is 3. The number of hydrogen-bond donors (Lipinski definition) is 1. The van der Waals surface area contributed by atoms with Crippen LogP contribution < -0.4 is 9.47 Å². The molecule has 0 aromatic heterocycles. The van der Waals surface area contributed by atoms with E-state index < -0.39 is 6.10 Å². The summed E-state index contributed by atoms with van der Waals surface area (Å²) in [5.74, 6) is 1.14. The fraction of sp³-hybridized carbons (Fsp3) is 0.556. The highest BCUT2D eigenvalue weighted by molar-refractivity contribution is 6.04. The number of nitrogens with zero attached hydrogens (tertiary/aromatic N) is 2. The molecule has 2 fully saturated rings. The Kier molecular flexibility index (Phi) is 5.43. The molecule has 1 N–H and O–H groups in total. The maximum absolute atomic E-state index is 12.4. The minimum atomic E-state index is -0.930. The van der Waals surface area contributed by atoms with Crippen molar-refractivity contribution in [1.82, 2.24) is 9.80 Å². The van der Waals surface area contributed by atoms with Crippen molar-refractivity contribution in [3.05, 3.63) is 24.3 Å². The summed E-state index contributed by atoms with van der Waals surface area (Å²) in [4.78, 5) is 27.5. The highest BCUT2D eigenvalue weighted by Gasteiger charge is 2.46. The molecular formula is C18H24N2O5.